The van der Waals surface area contributed by atoms with Crippen molar-refractivity contribution in [3.8, 4) is 0 Å². The minimum atomic E-state index is -0.689. The quantitative estimate of drug-likeness (QED) is 0.880. The minimum absolute atomic E-state index is 0.0744. The molecule has 0 aliphatic rings. The van der Waals surface area contributed by atoms with Crippen LogP contribution in [-0.2, 0) is 16.6 Å². The van der Waals surface area contributed by atoms with Crippen LogP contribution < -0.4 is 5.32 Å². The van der Waals surface area contributed by atoms with E-state index < -0.39 is 12.0 Å². The molecule has 0 aliphatic heterocycles. The van der Waals surface area contributed by atoms with Gasteiger partial charge in [0.1, 0.15) is 11.7 Å². The van der Waals surface area contributed by atoms with Crippen molar-refractivity contribution in [2.75, 3.05) is 7.11 Å². The van der Waals surface area contributed by atoms with E-state index in [0.717, 1.165) is 10.9 Å². The van der Waals surface area contributed by atoms with Crippen molar-refractivity contribution < 1.29 is 14.3 Å². The van der Waals surface area contributed by atoms with E-state index in [1.54, 1.807) is 23.7 Å². The van der Waals surface area contributed by atoms with Crippen molar-refractivity contribution in [2.45, 2.75) is 19.9 Å². The summed E-state index contributed by atoms with van der Waals surface area (Å²) in [6.45, 7) is 3.69. The number of halogens is 1. The summed E-state index contributed by atoms with van der Waals surface area (Å²) in [5.41, 5.74) is 1.30. The molecule has 1 atom stereocenters. The lowest BCUT2D eigenvalue weighted by atomic mass is 10.0. The number of hydrogen-bond donors (Lipinski definition) is 1. The number of carbonyl (C=O) groups excluding carboxylic acids is 2. The van der Waals surface area contributed by atoms with E-state index in [-0.39, 0.29) is 11.8 Å². The number of benzene rings is 1. The van der Waals surface area contributed by atoms with Gasteiger partial charge in [0.15, 0.2) is 0 Å². The van der Waals surface area contributed by atoms with Crippen molar-refractivity contribution >= 4 is 34.4 Å². The maximum atomic E-state index is 12.5. The zero-order valence-corrected chi connectivity index (χ0v) is 13.8. The van der Waals surface area contributed by atoms with Crippen LogP contribution in [0.2, 0.25) is 5.02 Å². The molecule has 0 spiro atoms. The molecule has 0 radical (unpaired) electrons. The van der Waals surface area contributed by atoms with Crippen molar-refractivity contribution in [1.82, 2.24) is 9.88 Å². The minimum Gasteiger partial charge on any atom is -0.467 e. The predicted molar refractivity (Wildman–Crippen MR) is 86.0 cm³/mol. The summed E-state index contributed by atoms with van der Waals surface area (Å²) in [7, 11) is 3.09. The van der Waals surface area contributed by atoms with Gasteiger partial charge in [-0.3, -0.25) is 4.79 Å². The summed E-state index contributed by atoms with van der Waals surface area (Å²) in [6.07, 6.45) is 0. The fraction of sp³-hybridized carbons (Fsp3) is 0.375. The Morgan fingerprint density at radius 1 is 1.32 bits per heavy atom. The molecule has 1 N–H and O–H groups in total. The molecule has 1 unspecified atom stereocenters. The Morgan fingerprint density at radius 3 is 2.55 bits per heavy atom. The molecule has 1 heterocycles. The highest BCUT2D eigenvalue weighted by Gasteiger charge is 2.26. The molecule has 0 fully saturated rings. The number of fused-ring (bicyclic) bond motifs is 1. The first-order valence-electron chi connectivity index (χ1n) is 6.99. The molecule has 2 aromatic rings. The van der Waals surface area contributed by atoms with E-state index in [2.05, 4.69) is 5.32 Å². The number of aromatic nitrogens is 1. The number of hydrogen-bond acceptors (Lipinski definition) is 3. The molecule has 1 aromatic carbocycles. The van der Waals surface area contributed by atoms with E-state index in [9.17, 15) is 9.59 Å². The molecule has 2 rings (SSSR count). The third-order valence-electron chi connectivity index (χ3n) is 3.67. The summed E-state index contributed by atoms with van der Waals surface area (Å²) < 4.78 is 6.49. The molecular weight excluding hydrogens is 304 g/mol. The Hall–Kier alpha value is -2.01. The van der Waals surface area contributed by atoms with Crippen molar-refractivity contribution in [1.29, 1.82) is 0 Å². The Bertz CT molecular complexity index is 721. The standard InChI is InChI=1S/C16H19ClN2O3/c1-9(2)14(16(21)22-4)18-15(20)13-8-10-11(17)6-5-7-12(10)19(13)3/h5-9,14H,1-4H3,(H,18,20). The van der Waals surface area contributed by atoms with Gasteiger partial charge < -0.3 is 14.6 Å². The average Bonchev–Trinajstić information content (AvgIpc) is 2.82. The number of rotatable bonds is 4. The molecular formula is C16H19ClN2O3. The number of nitrogens with zero attached hydrogens (tertiary/aromatic N) is 1. The van der Waals surface area contributed by atoms with E-state index in [0.29, 0.717) is 10.7 Å². The summed E-state index contributed by atoms with van der Waals surface area (Å²) >= 11 is 6.16. The van der Waals surface area contributed by atoms with Gasteiger partial charge in [-0.15, -0.1) is 0 Å². The second-order valence-electron chi connectivity index (χ2n) is 5.48. The number of methoxy groups -OCH3 is 1. The van der Waals surface area contributed by atoms with Crippen LogP contribution in [0, 0.1) is 5.92 Å². The third kappa shape index (κ3) is 2.95. The molecule has 118 valence electrons. The van der Waals surface area contributed by atoms with Gasteiger partial charge in [0, 0.05) is 23.0 Å². The van der Waals surface area contributed by atoms with Gasteiger partial charge in [-0.25, -0.2) is 4.79 Å². The van der Waals surface area contributed by atoms with Crippen LogP contribution in [0.3, 0.4) is 0 Å². The fourth-order valence-electron chi connectivity index (χ4n) is 2.38. The summed E-state index contributed by atoms with van der Waals surface area (Å²) in [4.78, 5) is 24.3. The maximum Gasteiger partial charge on any atom is 0.328 e. The first-order chi connectivity index (χ1) is 10.4. The Kier molecular flexibility index (Phi) is 4.76. The zero-order valence-electron chi connectivity index (χ0n) is 13.0. The molecule has 22 heavy (non-hydrogen) atoms. The summed E-state index contributed by atoms with van der Waals surface area (Å²) in [5, 5.41) is 4.11. The largest absolute Gasteiger partial charge is 0.467 e. The lowest BCUT2D eigenvalue weighted by molar-refractivity contribution is -0.144. The average molecular weight is 323 g/mol. The van der Waals surface area contributed by atoms with Crippen LogP contribution in [0.5, 0.6) is 0 Å². The molecule has 0 saturated heterocycles. The van der Waals surface area contributed by atoms with Crippen LogP contribution in [0.15, 0.2) is 24.3 Å². The number of amides is 1. The van der Waals surface area contributed by atoms with Crippen molar-refractivity contribution in [2.24, 2.45) is 13.0 Å². The van der Waals surface area contributed by atoms with Crippen molar-refractivity contribution in [3.63, 3.8) is 0 Å². The molecule has 0 saturated carbocycles. The highest BCUT2D eigenvalue weighted by molar-refractivity contribution is 6.35. The van der Waals surface area contributed by atoms with E-state index in [1.807, 2.05) is 26.0 Å². The van der Waals surface area contributed by atoms with Crippen LogP contribution >= 0.6 is 11.6 Å². The second-order valence-corrected chi connectivity index (χ2v) is 5.89. The van der Waals surface area contributed by atoms with Crippen LogP contribution in [0.25, 0.3) is 10.9 Å². The van der Waals surface area contributed by atoms with Gasteiger partial charge in [-0.05, 0) is 24.1 Å². The molecule has 6 heteroatoms. The predicted octanol–water partition coefficient (Wildman–Crippen LogP) is 2.76. The first kappa shape index (κ1) is 16.4. The molecule has 5 nitrogen and oxygen atoms in total. The lowest BCUT2D eigenvalue weighted by Crippen LogP contribution is -2.45. The topological polar surface area (TPSA) is 60.3 Å². The van der Waals surface area contributed by atoms with E-state index in [1.165, 1.54) is 7.11 Å². The monoisotopic (exact) mass is 322 g/mol. The molecule has 1 aromatic heterocycles. The maximum absolute atomic E-state index is 12.5. The number of esters is 1. The Balaban J connectivity index is 2.35. The summed E-state index contributed by atoms with van der Waals surface area (Å²) in [6, 6.07) is 6.53. The third-order valence-corrected chi connectivity index (χ3v) is 4.00. The van der Waals surface area contributed by atoms with Crippen LogP contribution in [0.4, 0.5) is 0 Å². The smallest absolute Gasteiger partial charge is 0.328 e. The fourth-order valence-corrected chi connectivity index (χ4v) is 2.61. The Morgan fingerprint density at radius 2 is 2.00 bits per heavy atom. The van der Waals surface area contributed by atoms with E-state index >= 15 is 0 Å². The van der Waals surface area contributed by atoms with E-state index in [4.69, 9.17) is 16.3 Å². The highest BCUT2D eigenvalue weighted by Crippen LogP contribution is 2.26. The highest BCUT2D eigenvalue weighted by atomic mass is 35.5. The SMILES string of the molecule is COC(=O)C(NC(=O)c1cc2c(Cl)cccc2n1C)C(C)C. The van der Waals surface area contributed by atoms with Gasteiger partial charge in [-0.2, -0.15) is 0 Å². The summed E-state index contributed by atoms with van der Waals surface area (Å²) in [5.74, 6) is -0.867. The van der Waals surface area contributed by atoms with Crippen molar-refractivity contribution in [3.05, 3.63) is 35.0 Å². The number of ether oxygens (including phenoxy) is 1. The second kappa shape index (κ2) is 6.40. The van der Waals surface area contributed by atoms with Gasteiger partial charge in [-0.1, -0.05) is 31.5 Å². The number of aryl methyl sites for hydroxylation is 1. The van der Waals surface area contributed by atoms with Gasteiger partial charge >= 0.3 is 5.97 Å². The zero-order chi connectivity index (χ0) is 16.4. The Labute approximate surface area is 134 Å². The lowest BCUT2D eigenvalue weighted by Gasteiger charge is -2.19. The van der Waals surface area contributed by atoms with Gasteiger partial charge in [0.05, 0.1) is 7.11 Å². The molecule has 0 bridgehead atoms. The normalized spacial score (nSPS) is 12.5. The molecule has 1 amide bonds. The first-order valence-corrected chi connectivity index (χ1v) is 7.37. The number of carbonyl (C=O) groups is 2. The van der Waals surface area contributed by atoms with Crippen LogP contribution in [-0.4, -0.2) is 29.6 Å². The molecule has 0 aliphatic carbocycles. The van der Waals surface area contributed by atoms with Gasteiger partial charge in [0.25, 0.3) is 5.91 Å². The van der Waals surface area contributed by atoms with Crippen LogP contribution in [0.1, 0.15) is 24.3 Å². The number of nitrogens with one attached hydrogen (secondary N) is 1. The van der Waals surface area contributed by atoms with Gasteiger partial charge in [0.2, 0.25) is 0 Å².